The van der Waals surface area contributed by atoms with Gasteiger partial charge in [0.15, 0.2) is 4.77 Å². The van der Waals surface area contributed by atoms with Crippen LogP contribution in [0.1, 0.15) is 28.8 Å². The quantitative estimate of drug-likeness (QED) is 0.609. The Bertz CT molecular complexity index is 985. The molecule has 1 saturated heterocycles. The van der Waals surface area contributed by atoms with Crippen LogP contribution >= 0.6 is 12.2 Å². The van der Waals surface area contributed by atoms with Gasteiger partial charge in [-0.05, 0) is 61.3 Å². The van der Waals surface area contributed by atoms with Crippen molar-refractivity contribution in [1.29, 1.82) is 0 Å². The molecule has 0 atom stereocenters. The molecule has 5 nitrogen and oxygen atoms in total. The van der Waals surface area contributed by atoms with Crippen LogP contribution in [0.3, 0.4) is 0 Å². The van der Waals surface area contributed by atoms with Crippen molar-refractivity contribution in [2.75, 3.05) is 19.6 Å². The van der Waals surface area contributed by atoms with Crippen molar-refractivity contribution < 1.29 is 4.79 Å². The molecule has 0 saturated carbocycles. The average molecular weight is 407 g/mol. The Morgan fingerprint density at radius 1 is 1.07 bits per heavy atom. The second-order valence-corrected chi connectivity index (χ2v) is 7.89. The normalized spacial score (nSPS) is 15.3. The van der Waals surface area contributed by atoms with Gasteiger partial charge in [-0.15, -0.1) is 0 Å². The third kappa shape index (κ3) is 5.02. The molecule has 0 bridgehead atoms. The van der Waals surface area contributed by atoms with Crippen LogP contribution < -0.4 is 5.32 Å². The predicted octanol–water partition coefficient (Wildman–Crippen LogP) is 3.97. The van der Waals surface area contributed by atoms with Crippen LogP contribution in [0.15, 0.2) is 67.0 Å². The topological polar surface area (TPSA) is 53.1 Å². The molecule has 6 heteroatoms. The molecular formula is C23H26N4OS. The lowest BCUT2D eigenvalue weighted by atomic mass is 10.0. The lowest BCUT2D eigenvalue weighted by molar-refractivity contribution is 0.0911. The molecule has 1 aliphatic rings. The van der Waals surface area contributed by atoms with Crippen molar-refractivity contribution in [3.8, 4) is 5.69 Å². The van der Waals surface area contributed by atoms with Crippen molar-refractivity contribution in [2.45, 2.75) is 25.3 Å². The van der Waals surface area contributed by atoms with Gasteiger partial charge in [-0.25, -0.2) is 0 Å². The number of carbonyl (C=O) groups excluding carboxylic acids is 1. The van der Waals surface area contributed by atoms with Gasteiger partial charge >= 0.3 is 0 Å². The second-order valence-electron chi connectivity index (χ2n) is 7.51. The number of aromatic nitrogens is 2. The highest BCUT2D eigenvalue weighted by Crippen LogP contribution is 2.14. The summed E-state index contributed by atoms with van der Waals surface area (Å²) in [7, 11) is 0. The molecule has 2 N–H and O–H groups in total. The maximum Gasteiger partial charge on any atom is 0.251 e. The molecule has 1 aromatic heterocycles. The fourth-order valence-electron chi connectivity index (χ4n) is 3.80. The number of aromatic amines is 1. The van der Waals surface area contributed by atoms with E-state index >= 15 is 0 Å². The van der Waals surface area contributed by atoms with Gasteiger partial charge in [0.05, 0.1) is 0 Å². The molecule has 1 amide bonds. The van der Waals surface area contributed by atoms with Crippen molar-refractivity contribution in [2.24, 2.45) is 0 Å². The Morgan fingerprint density at radius 2 is 1.79 bits per heavy atom. The maximum absolute atomic E-state index is 12.6. The number of piperidine rings is 1. The summed E-state index contributed by atoms with van der Waals surface area (Å²) in [5.74, 6) is -0.00282. The fraction of sp³-hybridized carbons (Fsp3) is 0.304. The highest BCUT2D eigenvalue weighted by atomic mass is 32.1. The summed E-state index contributed by atoms with van der Waals surface area (Å²) in [5.41, 5.74) is 3.01. The number of nitrogens with zero attached hydrogens (tertiary/aromatic N) is 2. The molecule has 4 rings (SSSR count). The van der Waals surface area contributed by atoms with Gasteiger partial charge in [0.2, 0.25) is 0 Å². The molecule has 0 spiro atoms. The molecule has 0 aliphatic carbocycles. The van der Waals surface area contributed by atoms with E-state index in [0.29, 0.717) is 10.3 Å². The summed E-state index contributed by atoms with van der Waals surface area (Å²) in [6.07, 6.45) is 6.75. The standard InChI is InChI=1S/C23H26N4OS/c28-22(19-6-8-21(9-7-19)27-17-13-24-23(27)29)25-20-11-15-26(16-12-20)14-10-18-4-2-1-3-5-18/h1-9,13,17,20H,10-12,14-16H2,(H,24,29)(H,25,28). The van der Waals surface area contributed by atoms with Crippen LogP contribution in [0.2, 0.25) is 0 Å². The predicted molar refractivity (Wildman–Crippen MR) is 118 cm³/mol. The van der Waals surface area contributed by atoms with E-state index in [2.05, 4.69) is 45.5 Å². The summed E-state index contributed by atoms with van der Waals surface area (Å²) in [4.78, 5) is 18.1. The minimum Gasteiger partial charge on any atom is -0.349 e. The molecule has 29 heavy (non-hydrogen) atoms. The summed E-state index contributed by atoms with van der Waals surface area (Å²) < 4.78 is 2.52. The molecule has 1 fully saturated rings. The molecule has 0 radical (unpaired) electrons. The Kier molecular flexibility index (Phi) is 6.22. The van der Waals surface area contributed by atoms with Gasteiger partial charge in [0, 0.05) is 49.3 Å². The summed E-state index contributed by atoms with van der Waals surface area (Å²) in [5, 5.41) is 3.20. The number of nitrogens with one attached hydrogen (secondary N) is 2. The van der Waals surface area contributed by atoms with Gasteiger partial charge in [-0.2, -0.15) is 0 Å². The number of benzene rings is 2. The zero-order valence-electron chi connectivity index (χ0n) is 16.4. The SMILES string of the molecule is O=C(NC1CCN(CCc2ccccc2)CC1)c1ccc(-n2cc[nH]c2=S)cc1. The number of amides is 1. The largest absolute Gasteiger partial charge is 0.349 e. The second kappa shape index (κ2) is 9.20. The maximum atomic E-state index is 12.6. The third-order valence-electron chi connectivity index (χ3n) is 5.54. The average Bonchev–Trinajstić information content (AvgIpc) is 3.20. The van der Waals surface area contributed by atoms with E-state index in [1.54, 1.807) is 6.20 Å². The van der Waals surface area contributed by atoms with Crippen LogP contribution in [0.25, 0.3) is 5.69 Å². The van der Waals surface area contributed by atoms with Crippen molar-refractivity contribution >= 4 is 18.1 Å². The number of imidazole rings is 1. The van der Waals surface area contributed by atoms with Crippen LogP contribution in [0.4, 0.5) is 0 Å². The van der Waals surface area contributed by atoms with Crippen LogP contribution in [0, 0.1) is 4.77 Å². The number of likely N-dealkylation sites (tertiary alicyclic amines) is 1. The number of H-pyrrole nitrogens is 1. The Balaban J connectivity index is 1.25. The third-order valence-corrected chi connectivity index (χ3v) is 5.85. The van der Waals surface area contributed by atoms with Gasteiger partial charge in [0.1, 0.15) is 0 Å². The van der Waals surface area contributed by atoms with Crippen molar-refractivity contribution in [1.82, 2.24) is 19.8 Å². The molecule has 0 unspecified atom stereocenters. The summed E-state index contributed by atoms with van der Waals surface area (Å²) in [6, 6.07) is 18.4. The molecule has 2 aromatic carbocycles. The first-order valence-corrected chi connectivity index (χ1v) is 10.5. The van der Waals surface area contributed by atoms with E-state index in [4.69, 9.17) is 12.2 Å². The zero-order chi connectivity index (χ0) is 20.1. The highest BCUT2D eigenvalue weighted by Gasteiger charge is 2.21. The number of hydrogen-bond donors (Lipinski definition) is 2. The van der Waals surface area contributed by atoms with Crippen LogP contribution in [-0.4, -0.2) is 46.0 Å². The van der Waals surface area contributed by atoms with Crippen LogP contribution in [0.5, 0.6) is 0 Å². The molecule has 2 heterocycles. The lowest BCUT2D eigenvalue weighted by Crippen LogP contribution is -2.45. The van der Waals surface area contributed by atoms with E-state index in [0.717, 1.165) is 44.6 Å². The van der Waals surface area contributed by atoms with Crippen molar-refractivity contribution in [3.63, 3.8) is 0 Å². The van der Waals surface area contributed by atoms with Crippen LogP contribution in [-0.2, 0) is 6.42 Å². The first kappa shape index (κ1) is 19.6. The van der Waals surface area contributed by atoms with E-state index in [-0.39, 0.29) is 11.9 Å². The molecule has 3 aromatic rings. The van der Waals surface area contributed by atoms with Gasteiger partial charge in [-0.3, -0.25) is 9.36 Å². The fourth-order valence-corrected chi connectivity index (χ4v) is 4.03. The first-order valence-electron chi connectivity index (χ1n) is 10.1. The van der Waals surface area contributed by atoms with E-state index in [9.17, 15) is 4.79 Å². The highest BCUT2D eigenvalue weighted by molar-refractivity contribution is 7.71. The molecular weight excluding hydrogens is 380 g/mol. The Morgan fingerprint density at radius 3 is 2.45 bits per heavy atom. The number of rotatable bonds is 6. The van der Waals surface area contributed by atoms with Gasteiger partial charge < -0.3 is 15.2 Å². The van der Waals surface area contributed by atoms with E-state index < -0.39 is 0 Å². The lowest BCUT2D eigenvalue weighted by Gasteiger charge is -2.32. The Labute approximate surface area is 176 Å². The number of hydrogen-bond acceptors (Lipinski definition) is 3. The minimum atomic E-state index is -0.00282. The summed E-state index contributed by atoms with van der Waals surface area (Å²) >= 11 is 5.24. The van der Waals surface area contributed by atoms with E-state index in [1.807, 2.05) is 35.0 Å². The monoisotopic (exact) mass is 406 g/mol. The first-order chi connectivity index (χ1) is 14.2. The van der Waals surface area contributed by atoms with Gasteiger partial charge in [-0.1, -0.05) is 30.3 Å². The zero-order valence-corrected chi connectivity index (χ0v) is 17.2. The van der Waals surface area contributed by atoms with E-state index in [1.165, 1.54) is 5.56 Å². The number of carbonyl (C=O) groups is 1. The minimum absolute atomic E-state index is 0.00282. The molecule has 150 valence electrons. The molecule has 1 aliphatic heterocycles. The Hall–Kier alpha value is -2.70. The van der Waals surface area contributed by atoms with Gasteiger partial charge in [0.25, 0.3) is 5.91 Å². The van der Waals surface area contributed by atoms with Crippen molar-refractivity contribution in [3.05, 3.63) is 82.9 Å². The summed E-state index contributed by atoms with van der Waals surface area (Å²) in [6.45, 7) is 3.14. The smallest absolute Gasteiger partial charge is 0.251 e.